The number of nitrogens with one attached hydrogen (secondary N) is 3. The molecule has 3 rings (SSSR count). The van der Waals surface area contributed by atoms with E-state index < -0.39 is 0 Å². The van der Waals surface area contributed by atoms with Crippen molar-refractivity contribution < 1.29 is 4.74 Å². The number of rotatable bonds is 9. The van der Waals surface area contributed by atoms with Gasteiger partial charge in [0.2, 0.25) is 0 Å². The van der Waals surface area contributed by atoms with Gasteiger partial charge in [0.1, 0.15) is 0 Å². The van der Waals surface area contributed by atoms with E-state index in [2.05, 4.69) is 43.8 Å². The second-order valence-electron chi connectivity index (χ2n) is 6.41. The van der Waals surface area contributed by atoms with Crippen molar-refractivity contribution in [3.63, 3.8) is 0 Å². The number of fused-ring (bicyclic) bond motifs is 1. The second-order valence-corrected chi connectivity index (χ2v) is 7.44. The molecule has 0 atom stereocenters. The number of hydrogen-bond acceptors (Lipinski definition) is 6. The van der Waals surface area contributed by atoms with Crippen LogP contribution in [-0.4, -0.2) is 74.9 Å². The summed E-state index contributed by atoms with van der Waals surface area (Å²) in [6.07, 6.45) is 1.07. The van der Waals surface area contributed by atoms with Crippen LogP contribution in [0.1, 0.15) is 13.3 Å². The summed E-state index contributed by atoms with van der Waals surface area (Å²) in [5, 5.41) is 11.0. The van der Waals surface area contributed by atoms with E-state index in [1.165, 1.54) is 4.70 Å². The van der Waals surface area contributed by atoms with Crippen molar-refractivity contribution in [1.29, 1.82) is 0 Å². The summed E-state index contributed by atoms with van der Waals surface area (Å²) in [5.74, 6) is 0.880. The lowest BCUT2D eigenvalue weighted by Crippen LogP contribution is -2.40. The average molecular weight is 391 g/mol. The van der Waals surface area contributed by atoms with E-state index in [0.717, 1.165) is 82.1 Å². The van der Waals surface area contributed by atoms with E-state index in [1.54, 1.807) is 11.3 Å². The number of para-hydroxylation sites is 1. The van der Waals surface area contributed by atoms with Gasteiger partial charge in [-0.2, -0.15) is 0 Å². The molecule has 3 N–H and O–H groups in total. The molecule has 1 aromatic carbocycles. The Kier molecular flexibility index (Phi) is 8.13. The highest BCUT2D eigenvalue weighted by Crippen LogP contribution is 2.24. The molecule has 1 fully saturated rings. The molecule has 0 amide bonds. The van der Waals surface area contributed by atoms with E-state index in [0.29, 0.717) is 0 Å². The van der Waals surface area contributed by atoms with Crippen molar-refractivity contribution in [2.24, 2.45) is 4.99 Å². The van der Waals surface area contributed by atoms with E-state index in [1.807, 2.05) is 18.2 Å². The molecule has 0 spiro atoms. The number of benzene rings is 1. The monoisotopic (exact) mass is 390 g/mol. The van der Waals surface area contributed by atoms with Crippen LogP contribution in [0.4, 0.5) is 5.13 Å². The fourth-order valence-electron chi connectivity index (χ4n) is 2.95. The van der Waals surface area contributed by atoms with Crippen LogP contribution in [0.3, 0.4) is 0 Å². The van der Waals surface area contributed by atoms with Gasteiger partial charge in [-0.3, -0.25) is 9.89 Å². The molecule has 0 aliphatic carbocycles. The van der Waals surface area contributed by atoms with Crippen LogP contribution < -0.4 is 16.0 Å². The minimum Gasteiger partial charge on any atom is -0.379 e. The van der Waals surface area contributed by atoms with E-state index in [-0.39, 0.29) is 0 Å². The maximum absolute atomic E-state index is 5.38. The number of aromatic nitrogens is 1. The van der Waals surface area contributed by atoms with Gasteiger partial charge in [-0.1, -0.05) is 23.5 Å². The van der Waals surface area contributed by atoms with Crippen molar-refractivity contribution in [3.05, 3.63) is 24.3 Å². The smallest absolute Gasteiger partial charge is 0.191 e. The van der Waals surface area contributed by atoms with Crippen molar-refractivity contribution in [1.82, 2.24) is 20.5 Å². The van der Waals surface area contributed by atoms with E-state index >= 15 is 0 Å². The number of morpholine rings is 1. The highest BCUT2D eigenvalue weighted by Gasteiger charge is 2.09. The number of ether oxygens (including phenoxy) is 1. The Bertz CT molecular complexity index is 680. The van der Waals surface area contributed by atoms with Gasteiger partial charge >= 0.3 is 0 Å². The van der Waals surface area contributed by atoms with Crippen molar-refractivity contribution in [2.45, 2.75) is 13.3 Å². The van der Waals surface area contributed by atoms with Crippen LogP contribution in [0.5, 0.6) is 0 Å². The molecular weight excluding hydrogens is 360 g/mol. The van der Waals surface area contributed by atoms with Gasteiger partial charge < -0.3 is 20.7 Å². The van der Waals surface area contributed by atoms with Gasteiger partial charge in [-0.15, -0.1) is 0 Å². The van der Waals surface area contributed by atoms with Crippen LogP contribution >= 0.6 is 11.3 Å². The van der Waals surface area contributed by atoms with Gasteiger partial charge in [0.15, 0.2) is 11.1 Å². The lowest BCUT2D eigenvalue weighted by molar-refractivity contribution is 0.0377. The maximum atomic E-state index is 5.38. The van der Waals surface area contributed by atoms with Gasteiger partial charge in [0.05, 0.1) is 23.4 Å². The molecule has 1 saturated heterocycles. The van der Waals surface area contributed by atoms with Gasteiger partial charge in [-0.25, -0.2) is 4.98 Å². The molecule has 7 nitrogen and oxygen atoms in total. The van der Waals surface area contributed by atoms with Gasteiger partial charge in [0, 0.05) is 45.8 Å². The molecule has 1 aliphatic heterocycles. The Morgan fingerprint density at radius 2 is 2.07 bits per heavy atom. The highest BCUT2D eigenvalue weighted by molar-refractivity contribution is 7.22. The summed E-state index contributed by atoms with van der Waals surface area (Å²) in [5.41, 5.74) is 1.05. The lowest BCUT2D eigenvalue weighted by Gasteiger charge is -2.26. The molecule has 0 bridgehead atoms. The molecule has 2 heterocycles. The third-order valence-electron chi connectivity index (χ3n) is 4.34. The molecule has 0 saturated carbocycles. The van der Waals surface area contributed by atoms with Crippen molar-refractivity contribution in [2.75, 3.05) is 64.3 Å². The van der Waals surface area contributed by atoms with Crippen LogP contribution in [0.2, 0.25) is 0 Å². The van der Waals surface area contributed by atoms with Crippen LogP contribution in [-0.2, 0) is 4.74 Å². The quantitative estimate of drug-likeness (QED) is 0.345. The summed E-state index contributed by atoms with van der Waals surface area (Å²) in [7, 11) is 0. The van der Waals surface area contributed by atoms with E-state index in [9.17, 15) is 0 Å². The number of nitrogens with zero attached hydrogens (tertiary/aromatic N) is 3. The van der Waals surface area contributed by atoms with Crippen LogP contribution in [0.15, 0.2) is 29.3 Å². The van der Waals surface area contributed by atoms with Crippen LogP contribution in [0, 0.1) is 0 Å². The summed E-state index contributed by atoms with van der Waals surface area (Å²) < 4.78 is 6.59. The summed E-state index contributed by atoms with van der Waals surface area (Å²) in [6.45, 7) is 10.3. The Balaban J connectivity index is 1.35. The number of anilines is 1. The molecule has 8 heteroatoms. The summed E-state index contributed by atoms with van der Waals surface area (Å²) >= 11 is 1.69. The SMILES string of the molecule is CCNC(=NCCCN1CCOCC1)NCCNc1nc2ccccc2s1. The summed E-state index contributed by atoms with van der Waals surface area (Å²) in [6, 6.07) is 8.21. The summed E-state index contributed by atoms with van der Waals surface area (Å²) in [4.78, 5) is 11.7. The highest BCUT2D eigenvalue weighted by atomic mass is 32.1. The Morgan fingerprint density at radius 3 is 2.89 bits per heavy atom. The molecular formula is C19H30N6OS. The topological polar surface area (TPSA) is 73.8 Å². The number of guanidine groups is 1. The third kappa shape index (κ3) is 6.64. The fourth-order valence-corrected chi connectivity index (χ4v) is 3.84. The number of hydrogen-bond donors (Lipinski definition) is 3. The Labute approximate surface area is 165 Å². The first-order chi connectivity index (χ1) is 13.3. The zero-order chi connectivity index (χ0) is 18.7. The minimum atomic E-state index is 0.797. The largest absolute Gasteiger partial charge is 0.379 e. The predicted molar refractivity (Wildman–Crippen MR) is 114 cm³/mol. The van der Waals surface area contributed by atoms with Gasteiger partial charge in [-0.05, 0) is 25.5 Å². The second kappa shape index (κ2) is 11.1. The lowest BCUT2D eigenvalue weighted by atomic mass is 10.3. The van der Waals surface area contributed by atoms with E-state index in [4.69, 9.17) is 4.74 Å². The van der Waals surface area contributed by atoms with Crippen molar-refractivity contribution in [3.8, 4) is 0 Å². The molecule has 1 aliphatic rings. The molecule has 148 valence electrons. The maximum Gasteiger partial charge on any atom is 0.191 e. The predicted octanol–water partition coefficient (Wildman–Crippen LogP) is 1.99. The van der Waals surface area contributed by atoms with Crippen LogP contribution in [0.25, 0.3) is 10.2 Å². The Hall–Kier alpha value is -1.90. The zero-order valence-corrected chi connectivity index (χ0v) is 16.9. The number of aliphatic imine (C=N–C) groups is 1. The fraction of sp³-hybridized carbons (Fsp3) is 0.579. The molecule has 2 aromatic rings. The average Bonchev–Trinajstić information content (AvgIpc) is 3.12. The molecule has 0 radical (unpaired) electrons. The Morgan fingerprint density at radius 1 is 1.22 bits per heavy atom. The normalized spacial score (nSPS) is 15.8. The number of thiazole rings is 1. The van der Waals surface area contributed by atoms with Crippen molar-refractivity contribution >= 4 is 32.6 Å². The zero-order valence-electron chi connectivity index (χ0n) is 16.0. The first-order valence-corrected chi connectivity index (χ1v) is 10.6. The van der Waals surface area contributed by atoms with Gasteiger partial charge in [0.25, 0.3) is 0 Å². The minimum absolute atomic E-state index is 0.797. The first-order valence-electron chi connectivity index (χ1n) is 9.77. The molecule has 27 heavy (non-hydrogen) atoms. The third-order valence-corrected chi connectivity index (χ3v) is 5.33. The molecule has 0 unspecified atom stereocenters. The standard InChI is InChI=1S/C19H30N6OS/c1-2-20-18(21-8-5-11-25-12-14-26-15-13-25)22-9-10-23-19-24-16-6-3-4-7-17(16)27-19/h3-4,6-7H,2,5,8-15H2,1H3,(H,23,24)(H2,20,21,22). The first kappa shape index (κ1) is 19.9. The molecule has 1 aromatic heterocycles.